The van der Waals surface area contributed by atoms with Crippen LogP contribution in [0.2, 0.25) is 5.02 Å². The third-order valence-corrected chi connectivity index (χ3v) is 7.52. The number of halogens is 1. The van der Waals surface area contributed by atoms with Crippen LogP contribution in [0.5, 0.6) is 0 Å². The van der Waals surface area contributed by atoms with Gasteiger partial charge in [-0.25, -0.2) is 8.42 Å². The highest BCUT2D eigenvalue weighted by molar-refractivity contribution is 7.89. The Kier molecular flexibility index (Phi) is 5.82. The van der Waals surface area contributed by atoms with Crippen molar-refractivity contribution in [2.45, 2.75) is 11.8 Å². The first-order valence-electron chi connectivity index (χ1n) is 8.16. The lowest BCUT2D eigenvalue weighted by Gasteiger charge is -2.33. The molecule has 8 heteroatoms. The lowest BCUT2D eigenvalue weighted by atomic mass is 10.3. The van der Waals surface area contributed by atoms with Crippen molar-refractivity contribution in [1.82, 2.24) is 9.21 Å². The van der Waals surface area contributed by atoms with Crippen LogP contribution < -0.4 is 0 Å². The summed E-state index contributed by atoms with van der Waals surface area (Å²) in [5, 5.41) is 0.209. The first-order chi connectivity index (χ1) is 12.4. The SMILES string of the molecule is Cc1ccc(/C=C/C(=O)N2CCN(S(=O)(=O)c3ccccc3Cl)CC2)s1. The van der Waals surface area contributed by atoms with Crippen molar-refractivity contribution in [3.8, 4) is 0 Å². The third kappa shape index (κ3) is 4.17. The Bertz CT molecular complexity index is 929. The minimum Gasteiger partial charge on any atom is -0.337 e. The number of thiophene rings is 1. The van der Waals surface area contributed by atoms with E-state index in [1.165, 1.54) is 15.2 Å². The highest BCUT2D eigenvalue weighted by Gasteiger charge is 2.30. The molecular weight excluding hydrogens is 392 g/mol. The van der Waals surface area contributed by atoms with E-state index in [0.717, 1.165) is 4.88 Å². The molecule has 5 nitrogen and oxygen atoms in total. The number of benzene rings is 1. The van der Waals surface area contributed by atoms with Crippen molar-refractivity contribution in [2.24, 2.45) is 0 Å². The van der Waals surface area contributed by atoms with Gasteiger partial charge in [0.05, 0.1) is 5.02 Å². The number of piperazine rings is 1. The van der Waals surface area contributed by atoms with Crippen molar-refractivity contribution in [3.63, 3.8) is 0 Å². The van der Waals surface area contributed by atoms with Crippen molar-refractivity contribution in [2.75, 3.05) is 26.2 Å². The molecule has 138 valence electrons. The van der Waals surface area contributed by atoms with Crippen LogP contribution in [0.15, 0.2) is 47.4 Å². The number of carbonyl (C=O) groups is 1. The molecule has 1 aliphatic rings. The number of hydrogen-bond acceptors (Lipinski definition) is 4. The molecule has 0 unspecified atom stereocenters. The van der Waals surface area contributed by atoms with E-state index in [2.05, 4.69) is 0 Å². The minimum atomic E-state index is -3.65. The second kappa shape index (κ2) is 7.92. The maximum absolute atomic E-state index is 12.7. The molecule has 1 fully saturated rings. The molecule has 0 bridgehead atoms. The van der Waals surface area contributed by atoms with Crippen LogP contribution in [-0.2, 0) is 14.8 Å². The molecule has 1 amide bonds. The van der Waals surface area contributed by atoms with E-state index in [1.54, 1.807) is 46.6 Å². The summed E-state index contributed by atoms with van der Waals surface area (Å²) in [6.07, 6.45) is 3.34. The van der Waals surface area contributed by atoms with E-state index in [1.807, 2.05) is 19.1 Å². The van der Waals surface area contributed by atoms with Crippen LogP contribution in [-0.4, -0.2) is 49.7 Å². The molecule has 0 aliphatic carbocycles. The predicted octanol–water partition coefficient (Wildman–Crippen LogP) is 3.26. The zero-order chi connectivity index (χ0) is 18.7. The number of carbonyl (C=O) groups excluding carboxylic acids is 1. The Balaban J connectivity index is 1.63. The first kappa shape index (κ1) is 19.1. The Morgan fingerprint density at radius 3 is 2.42 bits per heavy atom. The average Bonchev–Trinajstić information content (AvgIpc) is 3.05. The molecule has 3 rings (SSSR count). The molecule has 1 saturated heterocycles. The molecule has 0 atom stereocenters. The number of sulfonamides is 1. The van der Waals surface area contributed by atoms with Crippen molar-refractivity contribution in [1.29, 1.82) is 0 Å². The van der Waals surface area contributed by atoms with Crippen molar-refractivity contribution in [3.05, 3.63) is 57.3 Å². The summed E-state index contributed by atoms with van der Waals surface area (Å²) in [6, 6.07) is 10.4. The van der Waals surface area contributed by atoms with E-state index in [4.69, 9.17) is 11.6 Å². The summed E-state index contributed by atoms with van der Waals surface area (Å²) in [5.41, 5.74) is 0. The zero-order valence-corrected chi connectivity index (χ0v) is 16.6. The molecule has 2 aromatic rings. The van der Waals surface area contributed by atoms with Crippen LogP contribution in [0.4, 0.5) is 0 Å². The molecule has 1 aromatic heterocycles. The van der Waals surface area contributed by atoms with Gasteiger partial charge in [-0.3, -0.25) is 4.79 Å². The molecular formula is C18H19ClN2O3S2. The van der Waals surface area contributed by atoms with E-state index >= 15 is 0 Å². The number of nitrogens with zero attached hydrogens (tertiary/aromatic N) is 2. The minimum absolute atomic E-state index is 0.106. The van der Waals surface area contributed by atoms with Gasteiger partial charge >= 0.3 is 0 Å². The van der Waals surface area contributed by atoms with Gasteiger partial charge in [-0.2, -0.15) is 4.31 Å². The second-order valence-corrected chi connectivity index (χ2v) is 9.57. The standard InChI is InChI=1S/C18H19ClN2O3S2/c1-14-6-7-15(25-14)8-9-18(22)20-10-12-21(13-11-20)26(23,24)17-5-3-2-4-16(17)19/h2-9H,10-13H2,1H3/b9-8+. The van der Waals surface area contributed by atoms with E-state index in [0.29, 0.717) is 13.1 Å². The summed E-state index contributed by atoms with van der Waals surface area (Å²) in [6.45, 7) is 3.24. The van der Waals surface area contributed by atoms with Gasteiger partial charge in [0.1, 0.15) is 4.90 Å². The number of hydrogen-bond donors (Lipinski definition) is 0. The molecule has 0 N–H and O–H groups in total. The highest BCUT2D eigenvalue weighted by atomic mass is 35.5. The van der Waals surface area contributed by atoms with Gasteiger partial charge in [0.15, 0.2) is 0 Å². The fourth-order valence-corrected chi connectivity index (χ4v) is 5.44. The Morgan fingerprint density at radius 2 is 1.81 bits per heavy atom. The van der Waals surface area contributed by atoms with Crippen LogP contribution in [0, 0.1) is 6.92 Å². The van der Waals surface area contributed by atoms with E-state index < -0.39 is 10.0 Å². The zero-order valence-electron chi connectivity index (χ0n) is 14.3. The third-order valence-electron chi connectivity index (χ3n) is 4.16. The Morgan fingerprint density at radius 1 is 1.12 bits per heavy atom. The van der Waals surface area contributed by atoms with Crippen molar-refractivity contribution >= 4 is 44.9 Å². The predicted molar refractivity (Wildman–Crippen MR) is 105 cm³/mol. The van der Waals surface area contributed by atoms with Crippen LogP contribution >= 0.6 is 22.9 Å². The van der Waals surface area contributed by atoms with Crippen LogP contribution in [0.3, 0.4) is 0 Å². The molecule has 0 radical (unpaired) electrons. The topological polar surface area (TPSA) is 57.7 Å². The van der Waals surface area contributed by atoms with Crippen LogP contribution in [0.1, 0.15) is 9.75 Å². The lowest BCUT2D eigenvalue weighted by molar-refractivity contribution is -0.127. The summed E-state index contributed by atoms with van der Waals surface area (Å²) < 4.78 is 26.8. The monoisotopic (exact) mass is 410 g/mol. The lowest BCUT2D eigenvalue weighted by Crippen LogP contribution is -2.50. The Hall–Kier alpha value is -1.67. The van der Waals surface area contributed by atoms with Gasteiger partial charge in [0.2, 0.25) is 15.9 Å². The summed E-state index contributed by atoms with van der Waals surface area (Å²) in [7, 11) is -3.65. The first-order valence-corrected chi connectivity index (χ1v) is 10.8. The largest absolute Gasteiger partial charge is 0.337 e. The molecule has 2 heterocycles. The van der Waals surface area contributed by atoms with Gasteiger partial charge in [-0.1, -0.05) is 23.7 Å². The smallest absolute Gasteiger partial charge is 0.246 e. The molecule has 26 heavy (non-hydrogen) atoms. The maximum Gasteiger partial charge on any atom is 0.246 e. The number of rotatable bonds is 4. The summed E-state index contributed by atoms with van der Waals surface area (Å²) in [5.74, 6) is -0.106. The molecule has 0 spiro atoms. The molecule has 1 aliphatic heterocycles. The van der Waals surface area contributed by atoms with Gasteiger partial charge < -0.3 is 4.90 Å². The fraction of sp³-hybridized carbons (Fsp3) is 0.278. The quantitative estimate of drug-likeness (QED) is 0.727. The van der Waals surface area contributed by atoms with Crippen LogP contribution in [0.25, 0.3) is 6.08 Å². The number of aryl methyl sites for hydroxylation is 1. The number of amides is 1. The Labute approximate surface area is 162 Å². The normalized spacial score (nSPS) is 16.3. The van der Waals surface area contributed by atoms with Gasteiger partial charge in [0.25, 0.3) is 0 Å². The van der Waals surface area contributed by atoms with Gasteiger partial charge in [0, 0.05) is 42.0 Å². The average molecular weight is 411 g/mol. The molecule has 1 aromatic carbocycles. The maximum atomic E-state index is 12.7. The highest BCUT2D eigenvalue weighted by Crippen LogP contribution is 2.25. The second-order valence-electron chi connectivity index (χ2n) is 5.94. The molecule has 0 saturated carbocycles. The van der Waals surface area contributed by atoms with Crippen molar-refractivity contribution < 1.29 is 13.2 Å². The fourth-order valence-electron chi connectivity index (χ4n) is 2.74. The van der Waals surface area contributed by atoms with Gasteiger partial charge in [-0.15, -0.1) is 11.3 Å². The summed E-state index contributed by atoms with van der Waals surface area (Å²) in [4.78, 5) is 16.3. The summed E-state index contributed by atoms with van der Waals surface area (Å²) >= 11 is 7.65. The van der Waals surface area contributed by atoms with E-state index in [9.17, 15) is 13.2 Å². The van der Waals surface area contributed by atoms with E-state index in [-0.39, 0.29) is 28.9 Å². The van der Waals surface area contributed by atoms with Gasteiger partial charge in [-0.05, 0) is 37.3 Å².